The zero-order valence-corrected chi connectivity index (χ0v) is 10.5. The molecule has 7 heteroatoms. The van der Waals surface area contributed by atoms with Crippen molar-refractivity contribution >= 4 is 12.0 Å². The summed E-state index contributed by atoms with van der Waals surface area (Å²) in [6.07, 6.45) is 1.24. The van der Waals surface area contributed by atoms with Crippen molar-refractivity contribution in [2.75, 3.05) is 13.7 Å². The molecule has 100 valence electrons. The minimum absolute atomic E-state index is 0.0821. The number of carbonyl (C=O) groups excluding carboxylic acids is 1. The second-order valence-electron chi connectivity index (χ2n) is 3.33. The summed E-state index contributed by atoms with van der Waals surface area (Å²) in [7, 11) is 1.35. The summed E-state index contributed by atoms with van der Waals surface area (Å²) in [6.45, 7) is 1.77. The Bertz CT molecular complexity index is 551. The van der Waals surface area contributed by atoms with Crippen LogP contribution in [-0.2, 0) is 9.53 Å². The van der Waals surface area contributed by atoms with Crippen LogP contribution in [0.25, 0.3) is 16.5 Å². The summed E-state index contributed by atoms with van der Waals surface area (Å²) < 4.78 is 22.9. The number of methoxy groups -OCH3 is 1. The van der Waals surface area contributed by atoms with Crippen LogP contribution in [-0.4, -0.2) is 19.7 Å². The molecule has 0 atom stereocenters. The molecule has 0 saturated carbocycles. The van der Waals surface area contributed by atoms with Gasteiger partial charge in [-0.2, -0.15) is 0 Å². The van der Waals surface area contributed by atoms with Gasteiger partial charge in [0.15, 0.2) is 11.6 Å². The maximum absolute atomic E-state index is 13.5. The summed E-state index contributed by atoms with van der Waals surface area (Å²) in [5.74, 6) is -1.27. The Labute approximate surface area is 109 Å². The van der Waals surface area contributed by atoms with Crippen molar-refractivity contribution in [3.8, 4) is 5.75 Å². The molecule has 0 amide bonds. The molecule has 1 aromatic rings. The first-order valence-corrected chi connectivity index (χ1v) is 5.39. The normalized spacial score (nSPS) is 10.6. The number of nitrogens with zero attached hydrogens (tertiary/aromatic N) is 3. The Morgan fingerprint density at radius 3 is 2.84 bits per heavy atom. The first kappa shape index (κ1) is 14.5. The van der Waals surface area contributed by atoms with Crippen LogP contribution >= 0.6 is 0 Å². The molecular weight excluding hydrogens is 253 g/mol. The highest BCUT2D eigenvalue weighted by atomic mass is 19.1. The third-order valence-corrected chi connectivity index (χ3v) is 2.12. The van der Waals surface area contributed by atoms with Crippen molar-refractivity contribution in [1.29, 1.82) is 0 Å². The molecule has 0 heterocycles. The minimum atomic E-state index is -0.767. The van der Waals surface area contributed by atoms with Gasteiger partial charge < -0.3 is 9.47 Å². The van der Waals surface area contributed by atoms with Crippen LogP contribution in [0.2, 0.25) is 0 Å². The third kappa shape index (κ3) is 4.01. The summed E-state index contributed by atoms with van der Waals surface area (Å²) >= 11 is 0. The van der Waals surface area contributed by atoms with E-state index in [1.54, 1.807) is 6.92 Å². The smallest absolute Gasteiger partial charge is 0.340 e. The van der Waals surface area contributed by atoms with E-state index in [-0.39, 0.29) is 18.1 Å². The molecule has 1 aromatic carbocycles. The lowest BCUT2D eigenvalue weighted by molar-refractivity contribution is -0.138. The molecule has 0 aliphatic heterocycles. The Morgan fingerprint density at radius 1 is 1.58 bits per heavy atom. The molecule has 0 radical (unpaired) electrons. The Morgan fingerprint density at radius 2 is 2.32 bits per heavy atom. The molecule has 0 unspecified atom stereocenters. The number of esters is 1. The first-order valence-electron chi connectivity index (χ1n) is 5.39. The van der Waals surface area contributed by atoms with Gasteiger partial charge in [0.2, 0.25) is 0 Å². The van der Waals surface area contributed by atoms with E-state index in [1.165, 1.54) is 25.3 Å². The Balaban J connectivity index is 3.11. The molecule has 1 rings (SSSR count). The number of benzene rings is 1. The van der Waals surface area contributed by atoms with E-state index < -0.39 is 11.8 Å². The SMILES string of the molecule is CCOC(=O)/C(=C/c1ccc(OC)c(F)c1)N=[N+]=[N-]. The molecule has 0 spiro atoms. The van der Waals surface area contributed by atoms with Gasteiger partial charge in [0.05, 0.1) is 13.7 Å². The van der Waals surface area contributed by atoms with Gasteiger partial charge in [-0.05, 0) is 36.2 Å². The largest absolute Gasteiger partial charge is 0.494 e. The van der Waals surface area contributed by atoms with Crippen molar-refractivity contribution in [1.82, 2.24) is 0 Å². The lowest BCUT2D eigenvalue weighted by Gasteiger charge is -2.04. The van der Waals surface area contributed by atoms with Crippen LogP contribution in [0, 0.1) is 5.82 Å². The molecule has 0 aromatic heterocycles. The molecule has 0 aliphatic rings. The van der Waals surface area contributed by atoms with Crippen molar-refractivity contribution in [2.45, 2.75) is 6.92 Å². The summed E-state index contributed by atoms with van der Waals surface area (Å²) in [5.41, 5.74) is 8.50. The monoisotopic (exact) mass is 265 g/mol. The van der Waals surface area contributed by atoms with Crippen LogP contribution in [0.3, 0.4) is 0 Å². The number of carbonyl (C=O) groups is 1. The number of ether oxygens (including phenoxy) is 2. The number of hydrogen-bond acceptors (Lipinski definition) is 4. The fraction of sp³-hybridized carbons (Fsp3) is 0.250. The topological polar surface area (TPSA) is 84.3 Å². The van der Waals surface area contributed by atoms with Crippen molar-refractivity contribution in [3.63, 3.8) is 0 Å². The second kappa shape index (κ2) is 7.03. The second-order valence-corrected chi connectivity index (χ2v) is 3.33. The molecule has 0 fully saturated rings. The van der Waals surface area contributed by atoms with Crippen molar-refractivity contribution in [2.24, 2.45) is 5.11 Å². The van der Waals surface area contributed by atoms with E-state index in [2.05, 4.69) is 10.0 Å². The predicted molar refractivity (Wildman–Crippen MR) is 66.7 cm³/mol. The van der Waals surface area contributed by atoms with Crippen LogP contribution in [0.5, 0.6) is 5.75 Å². The highest BCUT2D eigenvalue weighted by Gasteiger charge is 2.09. The van der Waals surface area contributed by atoms with Gasteiger partial charge in [0, 0.05) is 4.91 Å². The quantitative estimate of drug-likeness (QED) is 0.269. The van der Waals surface area contributed by atoms with E-state index in [0.717, 1.165) is 6.07 Å². The number of azide groups is 1. The van der Waals surface area contributed by atoms with Gasteiger partial charge in [0.1, 0.15) is 5.70 Å². The summed E-state index contributed by atoms with van der Waals surface area (Å²) in [6, 6.07) is 4.08. The molecule has 19 heavy (non-hydrogen) atoms. The zero-order chi connectivity index (χ0) is 14.3. The van der Waals surface area contributed by atoms with Gasteiger partial charge in [-0.3, -0.25) is 0 Å². The van der Waals surface area contributed by atoms with Crippen LogP contribution in [0.1, 0.15) is 12.5 Å². The molecule has 0 aliphatic carbocycles. The fourth-order valence-electron chi connectivity index (χ4n) is 1.31. The van der Waals surface area contributed by atoms with Gasteiger partial charge in [0.25, 0.3) is 0 Å². The van der Waals surface area contributed by atoms with Crippen LogP contribution in [0.15, 0.2) is 29.0 Å². The summed E-state index contributed by atoms with van der Waals surface area (Å²) in [5, 5.41) is 3.22. The van der Waals surface area contributed by atoms with E-state index in [0.29, 0.717) is 5.56 Å². The van der Waals surface area contributed by atoms with E-state index in [4.69, 9.17) is 15.0 Å². The molecule has 0 bridgehead atoms. The third-order valence-electron chi connectivity index (χ3n) is 2.12. The maximum Gasteiger partial charge on any atom is 0.340 e. The molecule has 0 saturated heterocycles. The number of rotatable bonds is 5. The highest BCUT2D eigenvalue weighted by Crippen LogP contribution is 2.19. The van der Waals surface area contributed by atoms with E-state index >= 15 is 0 Å². The standard InChI is InChI=1S/C12H12FN3O3/c1-3-19-12(17)10(15-16-14)7-8-4-5-11(18-2)9(13)6-8/h4-7H,3H2,1-2H3/b10-7-. The highest BCUT2D eigenvalue weighted by molar-refractivity contribution is 5.93. The Kier molecular flexibility index (Phi) is 5.37. The van der Waals surface area contributed by atoms with Gasteiger partial charge >= 0.3 is 5.97 Å². The van der Waals surface area contributed by atoms with Crippen LogP contribution < -0.4 is 4.74 Å². The van der Waals surface area contributed by atoms with Crippen LogP contribution in [0.4, 0.5) is 4.39 Å². The average molecular weight is 265 g/mol. The number of halogens is 1. The van der Waals surface area contributed by atoms with E-state index in [9.17, 15) is 9.18 Å². The van der Waals surface area contributed by atoms with E-state index in [1.807, 2.05) is 0 Å². The predicted octanol–water partition coefficient (Wildman–Crippen LogP) is 3.05. The lowest BCUT2D eigenvalue weighted by atomic mass is 10.2. The lowest BCUT2D eigenvalue weighted by Crippen LogP contribution is -2.05. The maximum atomic E-state index is 13.5. The summed E-state index contributed by atoms with van der Waals surface area (Å²) in [4.78, 5) is 14.0. The molecular formula is C12H12FN3O3. The Hall–Kier alpha value is -2.53. The molecule has 6 nitrogen and oxygen atoms in total. The van der Waals surface area contributed by atoms with Gasteiger partial charge in [-0.1, -0.05) is 11.2 Å². The van der Waals surface area contributed by atoms with Gasteiger partial charge in [-0.25, -0.2) is 9.18 Å². The average Bonchev–Trinajstić information content (AvgIpc) is 2.39. The van der Waals surface area contributed by atoms with Crippen molar-refractivity contribution in [3.05, 3.63) is 45.7 Å². The first-order chi connectivity index (χ1) is 9.12. The molecule has 0 N–H and O–H groups in total. The fourth-order valence-corrected chi connectivity index (χ4v) is 1.31. The van der Waals surface area contributed by atoms with Crippen molar-refractivity contribution < 1.29 is 18.7 Å². The minimum Gasteiger partial charge on any atom is -0.494 e. The number of hydrogen-bond donors (Lipinski definition) is 0. The van der Waals surface area contributed by atoms with Gasteiger partial charge in [-0.15, -0.1) is 0 Å². The zero-order valence-electron chi connectivity index (χ0n) is 10.5.